The molecule has 0 saturated heterocycles. The van der Waals surface area contributed by atoms with Gasteiger partial charge in [-0.25, -0.2) is 14.8 Å². The average Bonchev–Trinajstić information content (AvgIpc) is 2.80. The van der Waals surface area contributed by atoms with Gasteiger partial charge in [-0.3, -0.25) is 4.79 Å². The molecule has 1 heterocycles. The normalized spacial score (nSPS) is 11.6. The maximum atomic E-state index is 12.1. The maximum Gasteiger partial charge on any atom is 0.338 e. The first-order valence-electron chi connectivity index (χ1n) is 10.9. The molecular weight excluding hydrogens is 404 g/mol. The number of benzene rings is 2. The zero-order chi connectivity index (χ0) is 22.8. The Labute approximate surface area is 188 Å². The van der Waals surface area contributed by atoms with Crippen LogP contribution in [0.15, 0.2) is 67.0 Å². The molecule has 3 aromatic rings. The quantitative estimate of drug-likeness (QED) is 0.242. The number of ether oxygens (including phenoxy) is 2. The van der Waals surface area contributed by atoms with Crippen LogP contribution in [-0.4, -0.2) is 28.0 Å². The first kappa shape index (κ1) is 23.1. The fourth-order valence-corrected chi connectivity index (χ4v) is 3.29. The zero-order valence-electron chi connectivity index (χ0n) is 18.5. The van der Waals surface area contributed by atoms with E-state index in [1.165, 1.54) is 6.92 Å². The summed E-state index contributed by atoms with van der Waals surface area (Å²) in [6, 6.07) is 16.3. The van der Waals surface area contributed by atoms with Gasteiger partial charge in [-0.15, -0.1) is 0 Å². The molecule has 0 bridgehead atoms. The number of aryl methyl sites for hydroxylation is 1. The van der Waals surface area contributed by atoms with Crippen LogP contribution in [-0.2, 0) is 16.0 Å². The highest BCUT2D eigenvalue weighted by molar-refractivity contribution is 5.89. The SMILES string of the molecule is CC(=O)Oc1ccc(-c2cnc(CCCCCC(C)OC(=O)c3ccccc3)nc2)cc1. The van der Waals surface area contributed by atoms with Gasteiger partial charge in [0.25, 0.3) is 0 Å². The third-order valence-corrected chi connectivity index (χ3v) is 4.98. The number of unbranched alkanes of at least 4 members (excludes halogenated alkanes) is 2. The molecule has 1 atom stereocenters. The first-order valence-corrected chi connectivity index (χ1v) is 10.9. The Bertz CT molecular complexity index is 1000. The average molecular weight is 433 g/mol. The highest BCUT2D eigenvalue weighted by Gasteiger charge is 2.11. The molecule has 1 aromatic heterocycles. The van der Waals surface area contributed by atoms with Crippen molar-refractivity contribution in [1.29, 1.82) is 0 Å². The van der Waals surface area contributed by atoms with Gasteiger partial charge in [0.1, 0.15) is 11.6 Å². The van der Waals surface area contributed by atoms with E-state index in [4.69, 9.17) is 9.47 Å². The Morgan fingerprint density at radius 1 is 0.875 bits per heavy atom. The van der Waals surface area contributed by atoms with Gasteiger partial charge in [0.15, 0.2) is 0 Å². The molecule has 2 aromatic carbocycles. The Balaban J connectivity index is 1.36. The summed E-state index contributed by atoms with van der Waals surface area (Å²) < 4.78 is 10.5. The number of aromatic nitrogens is 2. The number of hydrogen-bond acceptors (Lipinski definition) is 6. The predicted octanol–water partition coefficient (Wildman–Crippen LogP) is 5.42. The summed E-state index contributed by atoms with van der Waals surface area (Å²) in [5.41, 5.74) is 2.46. The van der Waals surface area contributed by atoms with Gasteiger partial charge < -0.3 is 9.47 Å². The maximum absolute atomic E-state index is 12.1. The van der Waals surface area contributed by atoms with Gasteiger partial charge in [-0.1, -0.05) is 36.8 Å². The van der Waals surface area contributed by atoms with Crippen molar-refractivity contribution in [2.45, 2.75) is 52.1 Å². The lowest BCUT2D eigenvalue weighted by atomic mass is 10.1. The highest BCUT2D eigenvalue weighted by atomic mass is 16.5. The molecule has 0 amide bonds. The smallest absolute Gasteiger partial charge is 0.338 e. The monoisotopic (exact) mass is 432 g/mol. The van der Waals surface area contributed by atoms with E-state index in [9.17, 15) is 9.59 Å². The molecule has 6 nitrogen and oxygen atoms in total. The summed E-state index contributed by atoms with van der Waals surface area (Å²) in [7, 11) is 0. The minimum atomic E-state index is -0.340. The van der Waals surface area contributed by atoms with E-state index in [-0.39, 0.29) is 18.0 Å². The standard InChI is InChI=1S/C26H28N2O4/c1-19(31-26(30)22-10-6-4-7-11-22)9-5-3-8-12-25-27-17-23(18-28-25)21-13-15-24(16-14-21)32-20(2)29/h4,6-7,10-11,13-19H,3,5,8-9,12H2,1-2H3. The summed E-state index contributed by atoms with van der Waals surface area (Å²) in [5, 5.41) is 0. The van der Waals surface area contributed by atoms with Crippen molar-refractivity contribution in [3.63, 3.8) is 0 Å². The summed E-state index contributed by atoms with van der Waals surface area (Å²) in [6.45, 7) is 3.31. The third-order valence-electron chi connectivity index (χ3n) is 4.98. The van der Waals surface area contributed by atoms with Crippen LogP contribution in [0, 0.1) is 0 Å². The number of hydrogen-bond donors (Lipinski definition) is 0. The van der Waals surface area contributed by atoms with Crippen LogP contribution in [0.5, 0.6) is 5.75 Å². The van der Waals surface area contributed by atoms with Gasteiger partial charge >= 0.3 is 11.9 Å². The Hall–Kier alpha value is -3.54. The van der Waals surface area contributed by atoms with Crippen molar-refractivity contribution in [1.82, 2.24) is 9.97 Å². The first-order chi connectivity index (χ1) is 15.5. The van der Waals surface area contributed by atoms with E-state index in [1.807, 2.05) is 49.6 Å². The van der Waals surface area contributed by atoms with Gasteiger partial charge in [0.05, 0.1) is 11.7 Å². The number of nitrogens with zero attached hydrogens (tertiary/aromatic N) is 2. The Morgan fingerprint density at radius 3 is 2.22 bits per heavy atom. The molecule has 6 heteroatoms. The van der Waals surface area contributed by atoms with E-state index in [0.717, 1.165) is 49.1 Å². The van der Waals surface area contributed by atoms with Crippen LogP contribution < -0.4 is 4.74 Å². The molecule has 0 fully saturated rings. The lowest BCUT2D eigenvalue weighted by Crippen LogP contribution is -2.14. The Kier molecular flexibility index (Phi) is 8.49. The van der Waals surface area contributed by atoms with Crippen LogP contribution in [0.3, 0.4) is 0 Å². The summed E-state index contributed by atoms with van der Waals surface area (Å²) in [4.78, 5) is 32.0. The second kappa shape index (κ2) is 11.7. The second-order valence-electron chi connectivity index (χ2n) is 7.69. The topological polar surface area (TPSA) is 78.4 Å². The molecule has 0 saturated carbocycles. The van der Waals surface area contributed by atoms with Crippen LogP contribution >= 0.6 is 0 Å². The largest absolute Gasteiger partial charge is 0.459 e. The predicted molar refractivity (Wildman–Crippen MR) is 122 cm³/mol. The number of rotatable bonds is 10. The molecule has 0 spiro atoms. The van der Waals surface area contributed by atoms with Gasteiger partial charge in [-0.2, -0.15) is 0 Å². The number of carbonyl (C=O) groups excluding carboxylic acids is 2. The van der Waals surface area contributed by atoms with E-state index in [0.29, 0.717) is 11.3 Å². The molecule has 166 valence electrons. The van der Waals surface area contributed by atoms with Gasteiger partial charge in [0, 0.05) is 31.3 Å². The summed E-state index contributed by atoms with van der Waals surface area (Å²) >= 11 is 0. The van der Waals surface area contributed by atoms with Crippen LogP contribution in [0.4, 0.5) is 0 Å². The molecule has 0 N–H and O–H groups in total. The molecule has 0 aliphatic carbocycles. The van der Waals surface area contributed by atoms with E-state index in [1.54, 1.807) is 24.3 Å². The molecule has 0 radical (unpaired) electrons. The Morgan fingerprint density at radius 2 is 1.56 bits per heavy atom. The minimum Gasteiger partial charge on any atom is -0.459 e. The molecule has 3 rings (SSSR count). The van der Waals surface area contributed by atoms with E-state index in [2.05, 4.69) is 9.97 Å². The van der Waals surface area contributed by atoms with Crippen molar-refractivity contribution in [3.8, 4) is 16.9 Å². The van der Waals surface area contributed by atoms with Crippen molar-refractivity contribution in [2.24, 2.45) is 0 Å². The zero-order valence-corrected chi connectivity index (χ0v) is 18.5. The lowest BCUT2D eigenvalue weighted by Gasteiger charge is -2.13. The van der Waals surface area contributed by atoms with Gasteiger partial charge in [-0.05, 0) is 56.0 Å². The third kappa shape index (κ3) is 7.30. The van der Waals surface area contributed by atoms with E-state index >= 15 is 0 Å². The van der Waals surface area contributed by atoms with Crippen LogP contribution in [0.1, 0.15) is 55.7 Å². The molecule has 32 heavy (non-hydrogen) atoms. The molecule has 1 unspecified atom stereocenters. The minimum absolute atomic E-state index is 0.106. The van der Waals surface area contributed by atoms with Crippen molar-refractivity contribution in [2.75, 3.05) is 0 Å². The molecule has 0 aliphatic rings. The lowest BCUT2D eigenvalue weighted by molar-refractivity contribution is -0.131. The number of esters is 2. The second-order valence-corrected chi connectivity index (χ2v) is 7.69. The summed E-state index contributed by atoms with van der Waals surface area (Å²) in [5.74, 6) is 0.720. The van der Waals surface area contributed by atoms with Crippen LogP contribution in [0.2, 0.25) is 0 Å². The highest BCUT2D eigenvalue weighted by Crippen LogP contribution is 2.21. The van der Waals surface area contributed by atoms with Crippen molar-refractivity contribution < 1.29 is 19.1 Å². The number of carbonyl (C=O) groups is 2. The molecular formula is C26H28N2O4. The van der Waals surface area contributed by atoms with E-state index < -0.39 is 0 Å². The fourth-order valence-electron chi connectivity index (χ4n) is 3.29. The summed E-state index contributed by atoms with van der Waals surface area (Å²) in [6.07, 6.45) is 8.15. The van der Waals surface area contributed by atoms with Crippen molar-refractivity contribution >= 4 is 11.9 Å². The van der Waals surface area contributed by atoms with Crippen molar-refractivity contribution in [3.05, 3.63) is 78.4 Å². The molecule has 0 aliphatic heterocycles. The van der Waals surface area contributed by atoms with Gasteiger partial charge in [0.2, 0.25) is 0 Å². The van der Waals surface area contributed by atoms with Crippen LogP contribution in [0.25, 0.3) is 11.1 Å². The fraction of sp³-hybridized carbons (Fsp3) is 0.308.